The normalized spacial score (nSPS) is 15.0. The van der Waals surface area contributed by atoms with Gasteiger partial charge in [0.1, 0.15) is 0 Å². The Labute approximate surface area is 173 Å². The largest absolute Gasteiger partial charge is 0.379 e. The van der Waals surface area contributed by atoms with E-state index in [-0.39, 0.29) is 29.4 Å². The van der Waals surface area contributed by atoms with Gasteiger partial charge in [0.15, 0.2) is 5.96 Å². The lowest BCUT2D eigenvalue weighted by atomic mass is 9.98. The van der Waals surface area contributed by atoms with Crippen molar-refractivity contribution < 1.29 is 4.74 Å². The van der Waals surface area contributed by atoms with E-state index in [1.54, 1.807) is 11.3 Å². The van der Waals surface area contributed by atoms with Gasteiger partial charge >= 0.3 is 0 Å². The highest BCUT2D eigenvalue weighted by atomic mass is 127. The summed E-state index contributed by atoms with van der Waals surface area (Å²) in [6.07, 6.45) is 2.67. The molecule has 0 spiro atoms. The minimum Gasteiger partial charge on any atom is -0.379 e. The summed E-state index contributed by atoms with van der Waals surface area (Å²) in [4.78, 5) is 11.6. The van der Waals surface area contributed by atoms with Crippen LogP contribution >= 0.6 is 35.3 Å². The summed E-state index contributed by atoms with van der Waals surface area (Å²) < 4.78 is 5.72. The summed E-state index contributed by atoms with van der Waals surface area (Å²) in [7, 11) is 2.06. The molecule has 1 aromatic rings. The van der Waals surface area contributed by atoms with Gasteiger partial charge in [-0.05, 0) is 25.7 Å². The molecule has 1 aromatic heterocycles. The Bertz CT molecular complexity index is 537. The van der Waals surface area contributed by atoms with Crippen molar-refractivity contribution in [2.45, 2.75) is 52.5 Å². The smallest absolute Gasteiger partial charge is 0.194 e. The molecular weight excluding hydrogens is 447 g/mol. The Kier molecular flexibility index (Phi) is 9.66. The molecule has 1 aliphatic rings. The fourth-order valence-corrected chi connectivity index (χ4v) is 3.09. The first-order valence-corrected chi connectivity index (χ1v) is 9.80. The molecule has 0 atom stereocenters. The molecule has 2 rings (SSSR count). The minimum absolute atomic E-state index is 0. The quantitative estimate of drug-likeness (QED) is 0.266. The lowest BCUT2D eigenvalue weighted by Crippen LogP contribution is -2.40. The number of thiazole rings is 1. The molecule has 0 bridgehead atoms. The number of nitrogens with zero attached hydrogens (tertiary/aromatic N) is 3. The maximum atomic E-state index is 5.72. The van der Waals surface area contributed by atoms with E-state index in [0.717, 1.165) is 43.9 Å². The summed E-state index contributed by atoms with van der Waals surface area (Å²) in [5.74, 6) is 1.73. The third-order valence-electron chi connectivity index (χ3n) is 3.90. The maximum absolute atomic E-state index is 5.72. The summed E-state index contributed by atoms with van der Waals surface area (Å²) in [6.45, 7) is 12.7. The van der Waals surface area contributed by atoms with Crippen LogP contribution in [-0.4, -0.2) is 49.2 Å². The van der Waals surface area contributed by atoms with Crippen LogP contribution in [-0.2, 0) is 16.7 Å². The number of rotatable bonds is 8. The van der Waals surface area contributed by atoms with Crippen molar-refractivity contribution in [3.63, 3.8) is 0 Å². The van der Waals surface area contributed by atoms with E-state index in [0.29, 0.717) is 6.54 Å². The fourth-order valence-electron chi connectivity index (χ4n) is 2.19. The van der Waals surface area contributed by atoms with Crippen LogP contribution in [0.25, 0.3) is 0 Å². The molecule has 1 heterocycles. The molecule has 1 N–H and O–H groups in total. The second-order valence-electron chi connectivity index (χ2n) is 7.50. The molecule has 144 valence electrons. The van der Waals surface area contributed by atoms with Gasteiger partial charge in [-0.2, -0.15) is 0 Å². The molecule has 0 unspecified atom stereocenters. The predicted molar refractivity (Wildman–Crippen MR) is 117 cm³/mol. The summed E-state index contributed by atoms with van der Waals surface area (Å²) in [5.41, 5.74) is 1.14. The van der Waals surface area contributed by atoms with Gasteiger partial charge in [-0.1, -0.05) is 20.8 Å². The van der Waals surface area contributed by atoms with Crippen LogP contribution in [0.1, 0.15) is 51.2 Å². The van der Waals surface area contributed by atoms with Crippen LogP contribution in [0.5, 0.6) is 0 Å². The molecule has 0 radical (unpaired) electrons. The topological polar surface area (TPSA) is 49.8 Å². The number of hydrogen-bond acceptors (Lipinski definition) is 4. The lowest BCUT2D eigenvalue weighted by molar-refractivity contribution is 0.115. The molecule has 0 amide bonds. The second kappa shape index (κ2) is 10.7. The molecule has 1 aliphatic carbocycles. The Balaban J connectivity index is 0.00000312. The zero-order chi connectivity index (χ0) is 17.6. The number of aliphatic imine (C=N–C) groups is 1. The van der Waals surface area contributed by atoms with E-state index in [1.165, 1.54) is 17.8 Å². The van der Waals surface area contributed by atoms with Gasteiger partial charge in [-0.3, -0.25) is 0 Å². The van der Waals surface area contributed by atoms with E-state index < -0.39 is 0 Å². The minimum atomic E-state index is 0. The highest BCUT2D eigenvalue weighted by molar-refractivity contribution is 14.0. The maximum Gasteiger partial charge on any atom is 0.194 e. The monoisotopic (exact) mass is 480 g/mol. The second-order valence-corrected chi connectivity index (χ2v) is 8.36. The number of halogens is 1. The number of ether oxygens (including phenoxy) is 1. The van der Waals surface area contributed by atoms with E-state index in [2.05, 4.69) is 50.3 Å². The average Bonchev–Trinajstić information content (AvgIpc) is 3.21. The SMILES string of the molecule is CCNC(=NCc1csc(C(C)(C)C)n1)N(C)CCOCC1CC1.I. The lowest BCUT2D eigenvalue weighted by Gasteiger charge is -2.21. The van der Waals surface area contributed by atoms with Gasteiger partial charge in [0.2, 0.25) is 0 Å². The van der Waals surface area contributed by atoms with Crippen molar-refractivity contribution in [3.8, 4) is 0 Å². The predicted octanol–water partition coefficient (Wildman–Crippen LogP) is 3.88. The van der Waals surface area contributed by atoms with E-state index >= 15 is 0 Å². The molecule has 1 saturated carbocycles. The first kappa shape index (κ1) is 22.6. The van der Waals surface area contributed by atoms with Crippen LogP contribution in [0.15, 0.2) is 10.4 Å². The third-order valence-corrected chi connectivity index (χ3v) is 5.22. The molecular formula is C18H33IN4OS. The van der Waals surface area contributed by atoms with E-state index in [1.807, 2.05) is 0 Å². The number of guanidine groups is 1. The van der Waals surface area contributed by atoms with Gasteiger partial charge in [-0.15, -0.1) is 35.3 Å². The van der Waals surface area contributed by atoms with Crippen LogP contribution in [0.3, 0.4) is 0 Å². The fraction of sp³-hybridized carbons (Fsp3) is 0.778. The first-order valence-electron chi connectivity index (χ1n) is 8.92. The Hall–Kier alpha value is -0.410. The first-order chi connectivity index (χ1) is 11.4. The summed E-state index contributed by atoms with van der Waals surface area (Å²) in [6, 6.07) is 0. The Morgan fingerprint density at radius 2 is 2.16 bits per heavy atom. The van der Waals surface area contributed by atoms with Crippen molar-refractivity contribution in [2.24, 2.45) is 10.9 Å². The van der Waals surface area contributed by atoms with E-state index in [9.17, 15) is 0 Å². The van der Waals surface area contributed by atoms with Gasteiger partial charge in [0, 0.05) is 37.5 Å². The number of aromatic nitrogens is 1. The highest BCUT2D eigenvalue weighted by Gasteiger charge is 2.21. The number of likely N-dealkylation sites (N-methyl/N-ethyl adjacent to an activating group) is 1. The standard InChI is InChI=1S/C18H32N4OS.HI/c1-6-19-17(22(5)9-10-23-12-14-7-8-14)20-11-15-13-24-16(21-15)18(2,3)4;/h13-14H,6-12H2,1-5H3,(H,19,20);1H. The molecule has 0 aliphatic heterocycles. The zero-order valence-corrected chi connectivity index (χ0v) is 19.3. The van der Waals surface area contributed by atoms with Crippen molar-refractivity contribution in [1.29, 1.82) is 0 Å². The number of hydrogen-bond donors (Lipinski definition) is 1. The highest BCUT2D eigenvalue weighted by Crippen LogP contribution is 2.28. The zero-order valence-electron chi connectivity index (χ0n) is 16.2. The molecule has 0 saturated heterocycles. The molecule has 25 heavy (non-hydrogen) atoms. The van der Waals surface area contributed by atoms with Crippen LogP contribution in [0, 0.1) is 5.92 Å². The molecule has 1 fully saturated rings. The van der Waals surface area contributed by atoms with Crippen molar-refractivity contribution in [3.05, 3.63) is 16.1 Å². The third kappa shape index (κ3) is 8.21. The van der Waals surface area contributed by atoms with Crippen LogP contribution in [0.4, 0.5) is 0 Å². The van der Waals surface area contributed by atoms with Crippen molar-refractivity contribution in [2.75, 3.05) is 33.4 Å². The van der Waals surface area contributed by atoms with Gasteiger partial charge < -0.3 is 15.0 Å². The summed E-state index contributed by atoms with van der Waals surface area (Å²) >= 11 is 1.72. The van der Waals surface area contributed by atoms with Gasteiger partial charge in [0.25, 0.3) is 0 Å². The number of nitrogens with one attached hydrogen (secondary N) is 1. The Morgan fingerprint density at radius 3 is 2.72 bits per heavy atom. The molecule has 5 nitrogen and oxygen atoms in total. The van der Waals surface area contributed by atoms with Crippen molar-refractivity contribution in [1.82, 2.24) is 15.2 Å². The molecule has 7 heteroatoms. The van der Waals surface area contributed by atoms with Gasteiger partial charge in [0.05, 0.1) is 23.9 Å². The van der Waals surface area contributed by atoms with Crippen molar-refractivity contribution >= 4 is 41.3 Å². The van der Waals surface area contributed by atoms with Gasteiger partial charge in [-0.25, -0.2) is 9.98 Å². The summed E-state index contributed by atoms with van der Waals surface area (Å²) in [5, 5.41) is 6.63. The van der Waals surface area contributed by atoms with Crippen LogP contribution in [0.2, 0.25) is 0 Å². The van der Waals surface area contributed by atoms with Crippen LogP contribution < -0.4 is 5.32 Å². The van der Waals surface area contributed by atoms with E-state index in [4.69, 9.17) is 14.7 Å². The average molecular weight is 480 g/mol. The Morgan fingerprint density at radius 1 is 1.44 bits per heavy atom. The molecule has 0 aromatic carbocycles.